The lowest BCUT2D eigenvalue weighted by Crippen LogP contribution is -2.79. The quantitative estimate of drug-likeness (QED) is 0.675. The molecule has 0 unspecified atom stereocenters. The lowest BCUT2D eigenvalue weighted by Gasteiger charge is -2.72. The first-order valence-corrected chi connectivity index (χ1v) is 13.6. The maximum Gasteiger partial charge on any atom is 0.165 e. The standard InChI is InChI=1S/C29H41NO4/c1-25(2,3)26(4,32)19-15-20(31)23-22-18(19)14-21-27-8-10-28(33-5,11-9-27)24(34-23)29(22,27)12-13-30(21)16-17-6-7-17/h15,17,21,24,31-32H,6-14,16H2,1-5H3/t21-,24+,26-,27?,28?,29+/m1/s1. The van der Waals surface area contributed by atoms with E-state index in [4.69, 9.17) is 9.47 Å². The highest BCUT2D eigenvalue weighted by Gasteiger charge is 2.78. The number of fused-ring (bicyclic) bond motifs is 2. The van der Waals surface area contributed by atoms with Crippen LogP contribution >= 0.6 is 0 Å². The summed E-state index contributed by atoms with van der Waals surface area (Å²) in [6.07, 6.45) is 9.14. The molecule has 8 rings (SSSR count). The van der Waals surface area contributed by atoms with Crippen molar-refractivity contribution in [3.63, 3.8) is 0 Å². The zero-order valence-electron chi connectivity index (χ0n) is 21.5. The molecule has 0 aromatic heterocycles. The van der Waals surface area contributed by atoms with Crippen molar-refractivity contribution >= 4 is 0 Å². The van der Waals surface area contributed by atoms with E-state index in [1.165, 1.54) is 43.4 Å². The van der Waals surface area contributed by atoms with Gasteiger partial charge in [0.05, 0.1) is 5.60 Å². The zero-order valence-corrected chi connectivity index (χ0v) is 21.5. The zero-order chi connectivity index (χ0) is 23.9. The molecule has 5 nitrogen and oxygen atoms in total. The number of aromatic hydroxyl groups is 1. The number of aliphatic hydroxyl groups is 1. The van der Waals surface area contributed by atoms with E-state index in [1.54, 1.807) is 0 Å². The number of hydrogen-bond donors (Lipinski definition) is 2. The van der Waals surface area contributed by atoms with Gasteiger partial charge in [0.1, 0.15) is 11.7 Å². The van der Waals surface area contributed by atoms with Crippen LogP contribution in [0.25, 0.3) is 0 Å². The molecule has 2 aliphatic heterocycles. The normalized spacial score (nSPS) is 41.7. The Morgan fingerprint density at radius 3 is 2.44 bits per heavy atom. The summed E-state index contributed by atoms with van der Waals surface area (Å²) in [6, 6.07) is 2.30. The Hall–Kier alpha value is -1.30. The Kier molecular flexibility index (Phi) is 4.08. The highest BCUT2D eigenvalue weighted by atomic mass is 16.6. The summed E-state index contributed by atoms with van der Waals surface area (Å²) in [4.78, 5) is 2.83. The van der Waals surface area contributed by atoms with E-state index < -0.39 is 5.60 Å². The number of nitrogens with zero attached hydrogens (tertiary/aromatic N) is 1. The van der Waals surface area contributed by atoms with Crippen molar-refractivity contribution in [2.45, 2.75) is 108 Å². The lowest BCUT2D eigenvalue weighted by atomic mass is 9.36. The first kappa shape index (κ1) is 21.9. The van der Waals surface area contributed by atoms with Crippen LogP contribution in [0.1, 0.15) is 89.3 Å². The summed E-state index contributed by atoms with van der Waals surface area (Å²) in [5, 5.41) is 23.3. The van der Waals surface area contributed by atoms with E-state index in [0.29, 0.717) is 11.8 Å². The molecule has 2 spiro atoms. The van der Waals surface area contributed by atoms with Gasteiger partial charge in [-0.15, -0.1) is 0 Å². The molecule has 1 aromatic carbocycles. The first-order chi connectivity index (χ1) is 16.0. The van der Waals surface area contributed by atoms with Crippen molar-refractivity contribution in [2.24, 2.45) is 16.7 Å². The second kappa shape index (κ2) is 6.33. The average molecular weight is 468 g/mol. The van der Waals surface area contributed by atoms with E-state index in [9.17, 15) is 10.2 Å². The number of methoxy groups -OCH3 is 1. The fourth-order valence-corrected chi connectivity index (χ4v) is 9.21. The molecular weight excluding hydrogens is 426 g/mol. The minimum Gasteiger partial charge on any atom is -0.504 e. The molecule has 4 atom stereocenters. The topological polar surface area (TPSA) is 62.2 Å². The molecule has 1 aromatic rings. The van der Waals surface area contributed by atoms with Crippen molar-refractivity contribution < 1.29 is 19.7 Å². The fraction of sp³-hybridized carbons (Fsp3) is 0.793. The van der Waals surface area contributed by atoms with Crippen molar-refractivity contribution in [1.82, 2.24) is 4.90 Å². The maximum absolute atomic E-state index is 11.9. The van der Waals surface area contributed by atoms with Gasteiger partial charge in [-0.05, 0) is 98.8 Å². The van der Waals surface area contributed by atoms with Crippen molar-refractivity contribution in [3.8, 4) is 11.5 Å². The van der Waals surface area contributed by atoms with Crippen molar-refractivity contribution in [1.29, 1.82) is 0 Å². The maximum atomic E-state index is 11.9. The van der Waals surface area contributed by atoms with Crippen LogP contribution in [0.2, 0.25) is 0 Å². The van der Waals surface area contributed by atoms with Crippen molar-refractivity contribution in [2.75, 3.05) is 20.2 Å². The molecule has 0 radical (unpaired) electrons. The Morgan fingerprint density at radius 1 is 1.12 bits per heavy atom. The second-order valence-corrected chi connectivity index (χ2v) is 13.8. The summed E-state index contributed by atoms with van der Waals surface area (Å²) in [7, 11) is 1.86. The van der Waals surface area contributed by atoms with Gasteiger partial charge < -0.3 is 19.7 Å². The molecular formula is C29H41NO4. The number of phenolic OH excluding ortho intramolecular Hbond substituents is 1. The number of ether oxygens (including phenoxy) is 2. The summed E-state index contributed by atoms with van der Waals surface area (Å²) < 4.78 is 13.2. The third-order valence-corrected chi connectivity index (χ3v) is 11.7. The summed E-state index contributed by atoms with van der Waals surface area (Å²) >= 11 is 0. The number of likely N-dealkylation sites (tertiary alicyclic amines) is 1. The molecule has 34 heavy (non-hydrogen) atoms. The van der Waals surface area contributed by atoms with Gasteiger partial charge in [-0.25, -0.2) is 0 Å². The molecule has 0 amide bonds. The van der Waals surface area contributed by atoms with Gasteiger partial charge in [0, 0.05) is 30.7 Å². The van der Waals surface area contributed by atoms with Gasteiger partial charge in [0.15, 0.2) is 11.5 Å². The number of rotatable bonds is 4. The van der Waals surface area contributed by atoms with Crippen LogP contribution in [0.3, 0.4) is 0 Å². The van der Waals surface area contributed by atoms with Crippen LogP contribution < -0.4 is 4.74 Å². The molecule has 1 saturated heterocycles. The number of benzene rings is 1. The van der Waals surface area contributed by atoms with Crippen LogP contribution in [0.15, 0.2) is 6.07 Å². The monoisotopic (exact) mass is 467 g/mol. The predicted octanol–water partition coefficient (Wildman–Crippen LogP) is 4.64. The molecule has 7 aliphatic rings. The van der Waals surface area contributed by atoms with E-state index in [1.807, 2.05) is 20.1 Å². The Labute approximate surface area is 203 Å². The summed E-state index contributed by atoms with van der Waals surface area (Å²) in [5.74, 6) is 1.75. The molecule has 2 N–H and O–H groups in total. The van der Waals surface area contributed by atoms with Crippen LogP contribution in [0, 0.1) is 16.7 Å². The Balaban J connectivity index is 1.50. The largest absolute Gasteiger partial charge is 0.504 e. The van der Waals surface area contributed by atoms with Crippen LogP contribution in [-0.4, -0.2) is 53.1 Å². The minimum atomic E-state index is -1.06. The van der Waals surface area contributed by atoms with Gasteiger partial charge in [0.25, 0.3) is 0 Å². The van der Waals surface area contributed by atoms with Crippen LogP contribution in [0.5, 0.6) is 11.5 Å². The molecule has 4 saturated carbocycles. The third kappa shape index (κ3) is 2.29. The minimum absolute atomic E-state index is 0.0483. The Bertz CT molecular complexity index is 1060. The first-order valence-electron chi connectivity index (χ1n) is 13.6. The van der Waals surface area contributed by atoms with Crippen LogP contribution in [0.4, 0.5) is 0 Å². The average Bonchev–Trinajstić information content (AvgIpc) is 3.53. The van der Waals surface area contributed by atoms with Gasteiger partial charge in [-0.2, -0.15) is 0 Å². The smallest absolute Gasteiger partial charge is 0.165 e. The van der Waals surface area contributed by atoms with E-state index in [-0.39, 0.29) is 33.7 Å². The second-order valence-electron chi connectivity index (χ2n) is 13.8. The molecule has 4 bridgehead atoms. The summed E-state index contributed by atoms with van der Waals surface area (Å²) in [5.41, 5.74) is 1.73. The highest BCUT2D eigenvalue weighted by molar-refractivity contribution is 5.66. The van der Waals surface area contributed by atoms with Gasteiger partial charge in [0.2, 0.25) is 0 Å². The lowest BCUT2D eigenvalue weighted by molar-refractivity contribution is -0.251. The van der Waals surface area contributed by atoms with Crippen LogP contribution in [-0.2, 0) is 22.2 Å². The van der Waals surface area contributed by atoms with Crippen molar-refractivity contribution in [3.05, 3.63) is 22.8 Å². The summed E-state index contributed by atoms with van der Waals surface area (Å²) in [6.45, 7) is 10.5. The SMILES string of the molecule is COC12CCC3(CC1)[C@H]1Cc4c([C@@](C)(O)C(C)(C)C)cc(O)c5c4[C@@]3(CCN1CC1CC1)[C@H]2O5. The number of piperidine rings is 1. The Morgan fingerprint density at radius 2 is 1.82 bits per heavy atom. The van der Waals surface area contributed by atoms with Gasteiger partial charge in [-0.3, -0.25) is 4.90 Å². The third-order valence-electron chi connectivity index (χ3n) is 11.7. The van der Waals surface area contributed by atoms with E-state index in [0.717, 1.165) is 43.7 Å². The fourth-order valence-electron chi connectivity index (χ4n) is 9.21. The highest BCUT2D eigenvalue weighted by Crippen LogP contribution is 2.76. The number of phenols is 1. The molecule has 5 heteroatoms. The van der Waals surface area contributed by atoms with E-state index >= 15 is 0 Å². The molecule has 2 heterocycles. The predicted molar refractivity (Wildman–Crippen MR) is 130 cm³/mol. The number of hydrogen-bond acceptors (Lipinski definition) is 5. The van der Waals surface area contributed by atoms with Gasteiger partial charge >= 0.3 is 0 Å². The molecule has 5 aliphatic carbocycles. The van der Waals surface area contributed by atoms with Gasteiger partial charge in [-0.1, -0.05) is 20.8 Å². The molecule has 5 fully saturated rings. The van der Waals surface area contributed by atoms with E-state index in [2.05, 4.69) is 25.7 Å². The molecule has 186 valence electrons.